The highest BCUT2D eigenvalue weighted by atomic mass is 32.2. The van der Waals surface area contributed by atoms with E-state index in [0.717, 1.165) is 6.54 Å². The molecule has 1 aliphatic rings. The largest absolute Gasteiger partial charge is 0.431 e. The van der Waals surface area contributed by atoms with Gasteiger partial charge < -0.3 is 10.2 Å². The molecular weight excluding hydrogens is 190 g/mol. The first-order chi connectivity index (χ1) is 6.03. The summed E-state index contributed by atoms with van der Waals surface area (Å²) in [5.74, 6) is 0. The van der Waals surface area contributed by atoms with Crippen LogP contribution in [0.3, 0.4) is 0 Å². The summed E-state index contributed by atoms with van der Waals surface area (Å²) in [6.07, 6.45) is -0.520. The minimum atomic E-state index is -0.520. The molecule has 5 nitrogen and oxygen atoms in total. The number of amidine groups is 1. The molecule has 1 amide bonds. The summed E-state index contributed by atoms with van der Waals surface area (Å²) in [6.45, 7) is 4.89. The average molecular weight is 203 g/mol. The zero-order valence-corrected chi connectivity index (χ0v) is 8.70. The van der Waals surface area contributed by atoms with Gasteiger partial charge in [0.15, 0.2) is 5.17 Å². The maximum Gasteiger partial charge on any atom is 0.431 e. The zero-order chi connectivity index (χ0) is 9.90. The highest BCUT2D eigenvalue weighted by Gasteiger charge is 2.27. The molecule has 0 aromatic rings. The van der Waals surface area contributed by atoms with Gasteiger partial charge in [-0.2, -0.15) is 5.48 Å². The normalized spacial score (nSPS) is 19.2. The summed E-state index contributed by atoms with van der Waals surface area (Å²) in [7, 11) is 1.50. The van der Waals surface area contributed by atoms with Crippen LogP contribution in [0.2, 0.25) is 0 Å². The number of carbonyl (C=O) groups excluding carboxylic acids is 1. The molecule has 1 aliphatic heterocycles. The summed E-state index contributed by atoms with van der Waals surface area (Å²) >= 11 is 1.55. The number of hydroxylamine groups is 1. The molecule has 2 N–H and O–H groups in total. The van der Waals surface area contributed by atoms with E-state index >= 15 is 0 Å². The molecule has 0 saturated carbocycles. The summed E-state index contributed by atoms with van der Waals surface area (Å²) < 4.78 is 0.0917. The fraction of sp³-hybridized carbons (Fsp3) is 0.714. The number of nitrogens with zero attached hydrogens (tertiary/aromatic N) is 1. The summed E-state index contributed by atoms with van der Waals surface area (Å²) in [5, 5.41) is 2.97. The Morgan fingerprint density at radius 2 is 2.38 bits per heavy atom. The van der Waals surface area contributed by atoms with Crippen LogP contribution in [0.5, 0.6) is 0 Å². The maximum absolute atomic E-state index is 10.7. The van der Waals surface area contributed by atoms with E-state index in [1.54, 1.807) is 11.8 Å². The quantitative estimate of drug-likeness (QED) is 0.570. The van der Waals surface area contributed by atoms with Crippen molar-refractivity contribution < 1.29 is 9.63 Å². The predicted molar refractivity (Wildman–Crippen MR) is 52.6 cm³/mol. The van der Waals surface area contributed by atoms with Gasteiger partial charge in [0.25, 0.3) is 0 Å². The van der Waals surface area contributed by atoms with Crippen molar-refractivity contribution >= 4 is 23.0 Å². The minimum absolute atomic E-state index is 0.0917. The Labute approximate surface area is 81.3 Å². The first-order valence-electron chi connectivity index (χ1n) is 3.91. The van der Waals surface area contributed by atoms with E-state index in [1.807, 2.05) is 0 Å². The maximum atomic E-state index is 10.7. The first-order valence-corrected chi connectivity index (χ1v) is 4.73. The molecule has 0 unspecified atom stereocenters. The molecule has 0 atom stereocenters. The number of hydrogen-bond donors (Lipinski definition) is 2. The molecule has 0 aromatic heterocycles. The lowest BCUT2D eigenvalue weighted by Crippen LogP contribution is -2.30. The third-order valence-corrected chi connectivity index (χ3v) is 2.50. The molecule has 0 bridgehead atoms. The Bertz CT molecular complexity index is 240. The lowest BCUT2D eigenvalue weighted by atomic mass is 10.2. The minimum Gasteiger partial charge on any atom is -0.323 e. The molecule has 0 fully saturated rings. The fourth-order valence-electron chi connectivity index (χ4n) is 0.783. The lowest BCUT2D eigenvalue weighted by molar-refractivity contribution is 0.123. The molecule has 1 rings (SSSR count). The van der Waals surface area contributed by atoms with Crippen molar-refractivity contribution in [3.63, 3.8) is 0 Å². The third-order valence-electron chi connectivity index (χ3n) is 1.41. The summed E-state index contributed by atoms with van der Waals surface area (Å²) in [4.78, 5) is 19.4. The molecule has 0 radical (unpaired) electrons. The average Bonchev–Trinajstić information content (AvgIpc) is 2.41. The smallest absolute Gasteiger partial charge is 0.323 e. The van der Waals surface area contributed by atoms with Gasteiger partial charge in [0, 0.05) is 11.8 Å². The van der Waals surface area contributed by atoms with E-state index in [9.17, 15) is 4.79 Å². The van der Waals surface area contributed by atoms with Crippen molar-refractivity contribution in [2.45, 2.75) is 18.6 Å². The zero-order valence-electron chi connectivity index (χ0n) is 7.88. The third kappa shape index (κ3) is 3.14. The fourth-order valence-corrected chi connectivity index (χ4v) is 1.65. The van der Waals surface area contributed by atoms with Gasteiger partial charge in [-0.3, -0.25) is 4.99 Å². The van der Waals surface area contributed by atoms with Crippen LogP contribution >= 0.6 is 11.8 Å². The van der Waals surface area contributed by atoms with E-state index < -0.39 is 6.09 Å². The van der Waals surface area contributed by atoms with Gasteiger partial charge >= 0.3 is 6.09 Å². The van der Waals surface area contributed by atoms with Crippen molar-refractivity contribution in [2.24, 2.45) is 4.99 Å². The molecule has 0 aliphatic carbocycles. The van der Waals surface area contributed by atoms with Crippen molar-refractivity contribution in [2.75, 3.05) is 13.6 Å². The standard InChI is InChI=1S/C7H13N3O2S/c1-7(2)4-9-5(13-7)10-12-6(11)8-3/h4H2,1-3H3,(H,8,11)(H,9,10). The van der Waals surface area contributed by atoms with E-state index in [4.69, 9.17) is 0 Å². The number of rotatable bonds is 0. The number of aliphatic imine (C=N–C) groups is 1. The van der Waals surface area contributed by atoms with E-state index in [-0.39, 0.29) is 4.75 Å². The second-order valence-corrected chi connectivity index (χ2v) is 4.92. The van der Waals surface area contributed by atoms with E-state index in [0.29, 0.717) is 5.17 Å². The molecular formula is C7H13N3O2S. The van der Waals surface area contributed by atoms with Gasteiger partial charge in [0.05, 0.1) is 6.54 Å². The van der Waals surface area contributed by atoms with E-state index in [2.05, 4.69) is 34.5 Å². The van der Waals surface area contributed by atoms with Crippen molar-refractivity contribution in [3.8, 4) is 0 Å². The number of carbonyl (C=O) groups is 1. The van der Waals surface area contributed by atoms with E-state index in [1.165, 1.54) is 7.05 Å². The summed E-state index contributed by atoms with van der Waals surface area (Å²) in [6, 6.07) is 0. The van der Waals surface area contributed by atoms with Crippen molar-refractivity contribution in [3.05, 3.63) is 0 Å². The van der Waals surface area contributed by atoms with Gasteiger partial charge in [0.1, 0.15) is 0 Å². The molecule has 0 saturated heterocycles. The molecule has 1 heterocycles. The Hall–Kier alpha value is -0.910. The monoisotopic (exact) mass is 203 g/mol. The second kappa shape index (κ2) is 3.87. The van der Waals surface area contributed by atoms with Crippen LogP contribution in [-0.4, -0.2) is 29.6 Å². The SMILES string of the molecule is CNC(=O)ONC1=NCC(C)(C)S1. The Morgan fingerprint density at radius 1 is 1.69 bits per heavy atom. The highest BCUT2D eigenvalue weighted by Crippen LogP contribution is 2.30. The first kappa shape index (κ1) is 10.2. The molecule has 0 aromatic carbocycles. The summed E-state index contributed by atoms with van der Waals surface area (Å²) in [5.41, 5.74) is 2.49. The van der Waals surface area contributed by atoms with Crippen LogP contribution < -0.4 is 10.8 Å². The van der Waals surface area contributed by atoms with Gasteiger partial charge in [-0.25, -0.2) is 4.79 Å². The Balaban J connectivity index is 2.29. The second-order valence-electron chi connectivity index (χ2n) is 3.22. The van der Waals surface area contributed by atoms with Crippen LogP contribution in [0, 0.1) is 0 Å². The highest BCUT2D eigenvalue weighted by molar-refractivity contribution is 8.15. The van der Waals surface area contributed by atoms with Gasteiger partial charge in [-0.1, -0.05) is 11.8 Å². The number of amides is 1. The van der Waals surface area contributed by atoms with Gasteiger partial charge in [0.2, 0.25) is 0 Å². The Kier molecular flexibility index (Phi) is 3.02. The number of hydrogen-bond acceptors (Lipinski definition) is 5. The molecule has 74 valence electrons. The molecule has 6 heteroatoms. The predicted octanol–water partition coefficient (Wildman–Crippen LogP) is 0.728. The van der Waals surface area contributed by atoms with Crippen LogP contribution in [0.1, 0.15) is 13.8 Å². The van der Waals surface area contributed by atoms with Crippen LogP contribution in [0.15, 0.2) is 4.99 Å². The van der Waals surface area contributed by atoms with Crippen molar-refractivity contribution in [1.29, 1.82) is 0 Å². The molecule has 13 heavy (non-hydrogen) atoms. The number of nitrogens with one attached hydrogen (secondary N) is 2. The van der Waals surface area contributed by atoms with Gasteiger partial charge in [-0.15, -0.1) is 0 Å². The van der Waals surface area contributed by atoms with Crippen LogP contribution in [0.4, 0.5) is 4.79 Å². The van der Waals surface area contributed by atoms with Gasteiger partial charge in [-0.05, 0) is 13.8 Å². The van der Waals surface area contributed by atoms with Crippen LogP contribution in [0.25, 0.3) is 0 Å². The Morgan fingerprint density at radius 3 is 2.85 bits per heavy atom. The van der Waals surface area contributed by atoms with Crippen LogP contribution in [-0.2, 0) is 4.84 Å². The topological polar surface area (TPSA) is 62.7 Å². The lowest BCUT2D eigenvalue weighted by Gasteiger charge is -2.13. The number of thioether (sulfide) groups is 1. The molecule has 0 spiro atoms. The van der Waals surface area contributed by atoms with Crippen molar-refractivity contribution in [1.82, 2.24) is 10.8 Å².